The Labute approximate surface area is 106 Å². The smallest absolute Gasteiger partial charge is 0.301 e. The molecule has 0 amide bonds. The fourth-order valence-corrected chi connectivity index (χ4v) is 2.38. The Hall–Kier alpha value is -1.00. The van der Waals surface area contributed by atoms with Gasteiger partial charge in [-0.1, -0.05) is 18.2 Å². The zero-order valence-electron chi connectivity index (χ0n) is 10.8. The van der Waals surface area contributed by atoms with Gasteiger partial charge in [0.2, 0.25) is 0 Å². The van der Waals surface area contributed by atoms with E-state index in [9.17, 15) is 13.9 Å². The van der Waals surface area contributed by atoms with E-state index in [0.717, 1.165) is 0 Å². The molecule has 2 nitrogen and oxygen atoms in total. The first kappa shape index (κ1) is 13.4. The molecule has 1 aromatic rings. The maximum Gasteiger partial charge on any atom is 0.301 e. The largest absolute Gasteiger partial charge is 0.388 e. The normalized spacial score (nSPS) is 20.0. The summed E-state index contributed by atoms with van der Waals surface area (Å²) < 4.78 is 34.0. The lowest BCUT2D eigenvalue weighted by Gasteiger charge is -2.34. The lowest BCUT2D eigenvalue weighted by molar-refractivity contribution is -0.185. The molecule has 0 aliphatic heterocycles. The number of hydrogen-bond acceptors (Lipinski definition) is 2. The molecule has 2 rings (SSSR count). The molecule has 0 radical (unpaired) electrons. The van der Waals surface area contributed by atoms with Gasteiger partial charge in [-0.25, -0.2) is 0 Å². The van der Waals surface area contributed by atoms with Crippen LogP contribution in [-0.2, 0) is 17.1 Å². The van der Waals surface area contributed by atoms with Crippen LogP contribution >= 0.6 is 0 Å². The monoisotopic (exact) mass is 256 g/mol. The molecule has 1 unspecified atom stereocenters. The first-order chi connectivity index (χ1) is 8.31. The number of hydrogen-bond donors (Lipinski definition) is 1. The van der Waals surface area contributed by atoms with Gasteiger partial charge in [-0.05, 0) is 37.8 Å². The van der Waals surface area contributed by atoms with Gasteiger partial charge in [0.15, 0.2) is 0 Å². The highest BCUT2D eigenvalue weighted by Crippen LogP contribution is 2.45. The van der Waals surface area contributed by atoms with Crippen LogP contribution in [-0.4, -0.2) is 17.8 Å². The van der Waals surface area contributed by atoms with Crippen LogP contribution in [0, 0.1) is 0 Å². The molecule has 0 spiro atoms. The van der Waals surface area contributed by atoms with E-state index in [4.69, 9.17) is 4.74 Å². The second kappa shape index (κ2) is 4.28. The van der Waals surface area contributed by atoms with Gasteiger partial charge in [-0.2, -0.15) is 8.78 Å². The molecule has 0 fully saturated rings. The molecule has 1 aliphatic rings. The van der Waals surface area contributed by atoms with Crippen LogP contribution < -0.4 is 0 Å². The summed E-state index contributed by atoms with van der Waals surface area (Å²) in [6.45, 7) is 2.75. The average molecular weight is 256 g/mol. The molecule has 1 N–H and O–H groups in total. The molecule has 1 atom stereocenters. The predicted molar refractivity (Wildman–Crippen MR) is 64.7 cm³/mol. The fraction of sp³-hybridized carbons (Fsp3) is 0.571. The van der Waals surface area contributed by atoms with Crippen molar-refractivity contribution in [3.05, 3.63) is 34.9 Å². The van der Waals surface area contributed by atoms with Crippen LogP contribution in [0.15, 0.2) is 18.2 Å². The molecule has 1 aromatic carbocycles. The summed E-state index contributed by atoms with van der Waals surface area (Å²) in [6, 6.07) is 4.71. The van der Waals surface area contributed by atoms with E-state index >= 15 is 0 Å². The summed E-state index contributed by atoms with van der Waals surface area (Å²) in [5, 5.41) is 9.76. The van der Waals surface area contributed by atoms with Crippen molar-refractivity contribution in [1.82, 2.24) is 0 Å². The lowest BCUT2D eigenvalue weighted by Crippen LogP contribution is -2.42. The number of halogens is 2. The Kier molecular flexibility index (Phi) is 3.19. The maximum absolute atomic E-state index is 14.5. The minimum absolute atomic E-state index is 0.0246. The van der Waals surface area contributed by atoms with Crippen molar-refractivity contribution in [3.8, 4) is 0 Å². The van der Waals surface area contributed by atoms with Crippen LogP contribution in [0.2, 0.25) is 0 Å². The van der Waals surface area contributed by atoms with E-state index in [-0.39, 0.29) is 5.56 Å². The van der Waals surface area contributed by atoms with Crippen molar-refractivity contribution in [3.63, 3.8) is 0 Å². The van der Waals surface area contributed by atoms with Crippen LogP contribution in [0.25, 0.3) is 0 Å². The van der Waals surface area contributed by atoms with Gasteiger partial charge in [0.25, 0.3) is 0 Å². The number of aliphatic hydroxyl groups excluding tert-OH is 1. The molecular formula is C14H18F2O2. The lowest BCUT2D eigenvalue weighted by atomic mass is 9.88. The van der Waals surface area contributed by atoms with E-state index < -0.39 is 17.6 Å². The van der Waals surface area contributed by atoms with Gasteiger partial charge < -0.3 is 9.84 Å². The van der Waals surface area contributed by atoms with E-state index in [1.807, 2.05) is 0 Å². The van der Waals surface area contributed by atoms with Gasteiger partial charge >= 0.3 is 5.92 Å². The highest BCUT2D eigenvalue weighted by Gasteiger charge is 2.50. The van der Waals surface area contributed by atoms with E-state index in [1.54, 1.807) is 12.1 Å². The van der Waals surface area contributed by atoms with Crippen molar-refractivity contribution >= 4 is 0 Å². The first-order valence-electron chi connectivity index (χ1n) is 6.04. The second-order valence-electron chi connectivity index (χ2n) is 5.22. The highest BCUT2D eigenvalue weighted by atomic mass is 19.3. The predicted octanol–water partition coefficient (Wildman–Crippen LogP) is 3.18. The zero-order chi connectivity index (χ0) is 13.6. The summed E-state index contributed by atoms with van der Waals surface area (Å²) in [5.41, 5.74) is -0.405. The minimum Gasteiger partial charge on any atom is -0.388 e. The Morgan fingerprint density at radius 2 is 2.00 bits per heavy atom. The molecule has 0 heterocycles. The Bertz CT molecular complexity index is 455. The van der Waals surface area contributed by atoms with Crippen molar-refractivity contribution in [2.75, 3.05) is 7.11 Å². The van der Waals surface area contributed by atoms with E-state index in [0.29, 0.717) is 24.0 Å². The van der Waals surface area contributed by atoms with Gasteiger partial charge in [-0.15, -0.1) is 0 Å². The van der Waals surface area contributed by atoms with E-state index in [2.05, 4.69) is 0 Å². The van der Waals surface area contributed by atoms with Crippen molar-refractivity contribution < 1.29 is 18.6 Å². The number of fused-ring (bicyclic) bond motifs is 1. The van der Waals surface area contributed by atoms with Gasteiger partial charge in [0.1, 0.15) is 5.60 Å². The Balaban J connectivity index is 2.53. The minimum atomic E-state index is -3.09. The first-order valence-corrected chi connectivity index (χ1v) is 6.04. The second-order valence-corrected chi connectivity index (χ2v) is 5.22. The SMILES string of the molecule is COC(C)(C)C(F)(F)c1cccc2c1CCC2O. The molecule has 0 aromatic heterocycles. The third kappa shape index (κ3) is 1.84. The molecule has 18 heavy (non-hydrogen) atoms. The highest BCUT2D eigenvalue weighted by molar-refractivity contribution is 5.43. The molecule has 100 valence electrons. The maximum atomic E-state index is 14.5. The fourth-order valence-electron chi connectivity index (χ4n) is 2.38. The van der Waals surface area contributed by atoms with Crippen LogP contribution in [0.4, 0.5) is 8.78 Å². The number of methoxy groups -OCH3 is 1. The van der Waals surface area contributed by atoms with Crippen LogP contribution in [0.3, 0.4) is 0 Å². The Morgan fingerprint density at radius 3 is 2.61 bits per heavy atom. The number of ether oxygens (including phenoxy) is 1. The quantitative estimate of drug-likeness (QED) is 0.900. The van der Waals surface area contributed by atoms with Gasteiger partial charge in [0, 0.05) is 12.7 Å². The standard InChI is InChI=1S/C14H18F2O2/c1-13(2,18-3)14(15,16)11-6-4-5-10-9(11)7-8-12(10)17/h4-6,12,17H,7-8H2,1-3H3. The number of alkyl halides is 2. The Morgan fingerprint density at radius 1 is 1.33 bits per heavy atom. The molecule has 0 saturated carbocycles. The molecule has 1 aliphatic carbocycles. The number of benzene rings is 1. The average Bonchev–Trinajstić information content (AvgIpc) is 2.71. The number of aliphatic hydroxyl groups is 1. The summed E-state index contributed by atoms with van der Waals surface area (Å²) in [4.78, 5) is 0. The van der Waals surface area contributed by atoms with Crippen molar-refractivity contribution in [2.24, 2.45) is 0 Å². The van der Waals surface area contributed by atoms with Crippen molar-refractivity contribution in [2.45, 2.75) is 44.3 Å². The zero-order valence-corrected chi connectivity index (χ0v) is 10.8. The molecule has 4 heteroatoms. The summed E-state index contributed by atoms with van der Waals surface area (Å²) in [5.74, 6) is -3.09. The third-order valence-electron chi connectivity index (χ3n) is 3.84. The third-order valence-corrected chi connectivity index (χ3v) is 3.84. The summed E-state index contributed by atoms with van der Waals surface area (Å²) in [7, 11) is 1.28. The summed E-state index contributed by atoms with van der Waals surface area (Å²) >= 11 is 0. The van der Waals surface area contributed by atoms with Crippen LogP contribution in [0.1, 0.15) is 43.1 Å². The van der Waals surface area contributed by atoms with E-state index in [1.165, 1.54) is 27.0 Å². The molecule has 0 bridgehead atoms. The van der Waals surface area contributed by atoms with Crippen molar-refractivity contribution in [1.29, 1.82) is 0 Å². The summed E-state index contributed by atoms with van der Waals surface area (Å²) in [6.07, 6.45) is 0.374. The molecular weight excluding hydrogens is 238 g/mol. The van der Waals surface area contributed by atoms with Gasteiger partial charge in [-0.3, -0.25) is 0 Å². The molecule has 0 saturated heterocycles. The van der Waals surface area contributed by atoms with Gasteiger partial charge in [0.05, 0.1) is 6.10 Å². The number of rotatable bonds is 3. The topological polar surface area (TPSA) is 29.5 Å². The van der Waals surface area contributed by atoms with Crippen LogP contribution in [0.5, 0.6) is 0 Å².